The topological polar surface area (TPSA) is 110 Å². The molecule has 0 aromatic carbocycles. The van der Waals surface area contributed by atoms with E-state index in [0.717, 1.165) is 44.1 Å². The largest absolute Gasteiger partial charge is 0.462 e. The van der Waals surface area contributed by atoms with Crippen molar-refractivity contribution in [3.8, 4) is 0 Å². The standard InChI is InChI=1S/C20H26N4O4S3/c1-3-8-14(25)22-19-23-24-20(31-19)29-11-15(26)21-17-16(18(27)28-4-2)12-9-6-5-7-10-13(12)30-17/h3-11H2,1-2H3,(H,21,26)(H,22,23,25). The van der Waals surface area contributed by atoms with Gasteiger partial charge in [0.25, 0.3) is 0 Å². The monoisotopic (exact) mass is 482 g/mol. The van der Waals surface area contributed by atoms with Crippen LogP contribution in [0, 0.1) is 0 Å². The Morgan fingerprint density at radius 2 is 1.84 bits per heavy atom. The second-order valence-electron chi connectivity index (χ2n) is 7.00. The molecule has 0 bridgehead atoms. The molecular formula is C20H26N4O4S3. The Bertz CT molecular complexity index is 941. The van der Waals surface area contributed by atoms with E-state index in [2.05, 4.69) is 20.8 Å². The average Bonchev–Trinajstić information content (AvgIpc) is 3.23. The van der Waals surface area contributed by atoms with E-state index in [-0.39, 0.29) is 23.5 Å². The lowest BCUT2D eigenvalue weighted by molar-refractivity contribution is -0.116. The fourth-order valence-electron chi connectivity index (χ4n) is 3.27. The van der Waals surface area contributed by atoms with Crippen molar-refractivity contribution >= 4 is 62.4 Å². The third kappa shape index (κ3) is 6.50. The van der Waals surface area contributed by atoms with Crippen LogP contribution in [0.2, 0.25) is 0 Å². The average molecular weight is 483 g/mol. The molecule has 168 valence electrons. The number of fused-ring (bicyclic) bond motifs is 1. The number of nitrogens with zero attached hydrogens (tertiary/aromatic N) is 2. The van der Waals surface area contributed by atoms with Gasteiger partial charge in [-0.15, -0.1) is 21.5 Å². The van der Waals surface area contributed by atoms with Crippen molar-refractivity contribution in [2.24, 2.45) is 0 Å². The van der Waals surface area contributed by atoms with Crippen molar-refractivity contribution in [3.05, 3.63) is 16.0 Å². The zero-order chi connectivity index (χ0) is 22.2. The Morgan fingerprint density at radius 1 is 1.03 bits per heavy atom. The molecule has 8 nitrogen and oxygen atoms in total. The molecule has 1 aliphatic rings. The van der Waals surface area contributed by atoms with Gasteiger partial charge in [-0.1, -0.05) is 36.4 Å². The molecule has 0 saturated heterocycles. The summed E-state index contributed by atoms with van der Waals surface area (Å²) >= 11 is 3.95. The van der Waals surface area contributed by atoms with Gasteiger partial charge in [-0.3, -0.25) is 9.59 Å². The van der Waals surface area contributed by atoms with Crippen LogP contribution in [0.1, 0.15) is 66.8 Å². The fourth-order valence-corrected chi connectivity index (χ4v) is 6.13. The highest BCUT2D eigenvalue weighted by Crippen LogP contribution is 2.38. The summed E-state index contributed by atoms with van der Waals surface area (Å²) in [4.78, 5) is 38.0. The maximum absolute atomic E-state index is 12.6. The molecular weight excluding hydrogens is 456 g/mol. The number of anilines is 2. The molecule has 0 fully saturated rings. The predicted molar refractivity (Wildman–Crippen MR) is 124 cm³/mol. The van der Waals surface area contributed by atoms with E-state index >= 15 is 0 Å². The zero-order valence-electron chi connectivity index (χ0n) is 17.6. The van der Waals surface area contributed by atoms with Gasteiger partial charge in [0.2, 0.25) is 16.9 Å². The van der Waals surface area contributed by atoms with E-state index in [9.17, 15) is 14.4 Å². The molecule has 0 saturated carbocycles. The maximum atomic E-state index is 12.6. The number of hydrogen-bond donors (Lipinski definition) is 2. The summed E-state index contributed by atoms with van der Waals surface area (Å²) in [7, 11) is 0. The zero-order valence-corrected chi connectivity index (χ0v) is 20.1. The van der Waals surface area contributed by atoms with E-state index < -0.39 is 0 Å². The summed E-state index contributed by atoms with van der Waals surface area (Å²) in [5, 5.41) is 14.5. The van der Waals surface area contributed by atoms with Crippen LogP contribution in [-0.4, -0.2) is 40.3 Å². The third-order valence-corrected chi connectivity index (χ3v) is 7.79. The Morgan fingerprint density at radius 3 is 2.61 bits per heavy atom. The van der Waals surface area contributed by atoms with Crippen LogP contribution < -0.4 is 10.6 Å². The van der Waals surface area contributed by atoms with E-state index in [1.807, 2.05) is 6.92 Å². The van der Waals surface area contributed by atoms with Gasteiger partial charge in [0.05, 0.1) is 17.9 Å². The van der Waals surface area contributed by atoms with Crippen LogP contribution in [0.25, 0.3) is 0 Å². The number of thioether (sulfide) groups is 1. The van der Waals surface area contributed by atoms with Crippen molar-refractivity contribution in [1.29, 1.82) is 0 Å². The number of hydrogen-bond acceptors (Lipinski definition) is 9. The van der Waals surface area contributed by atoms with Gasteiger partial charge >= 0.3 is 5.97 Å². The first-order chi connectivity index (χ1) is 15.0. The maximum Gasteiger partial charge on any atom is 0.341 e. The molecule has 0 unspecified atom stereocenters. The molecule has 31 heavy (non-hydrogen) atoms. The molecule has 0 atom stereocenters. The van der Waals surface area contributed by atoms with Gasteiger partial charge in [0.15, 0.2) is 4.34 Å². The van der Waals surface area contributed by atoms with Crippen molar-refractivity contribution in [2.45, 2.75) is 63.1 Å². The van der Waals surface area contributed by atoms with Gasteiger partial charge in [-0.2, -0.15) is 0 Å². The number of aryl methyl sites for hydroxylation is 1. The minimum Gasteiger partial charge on any atom is -0.462 e. The van der Waals surface area contributed by atoms with Crippen molar-refractivity contribution in [1.82, 2.24) is 10.2 Å². The normalized spacial score (nSPS) is 13.2. The number of aromatic nitrogens is 2. The molecule has 2 heterocycles. The molecule has 2 amide bonds. The smallest absolute Gasteiger partial charge is 0.341 e. The molecule has 2 aromatic rings. The fraction of sp³-hybridized carbons (Fsp3) is 0.550. The minimum absolute atomic E-state index is 0.100. The van der Waals surface area contributed by atoms with Crippen LogP contribution in [0.15, 0.2) is 4.34 Å². The first kappa shape index (κ1) is 23.7. The summed E-state index contributed by atoms with van der Waals surface area (Å²) in [6.45, 7) is 4.00. The number of amides is 2. The first-order valence-electron chi connectivity index (χ1n) is 10.4. The van der Waals surface area contributed by atoms with Crippen LogP contribution in [0.3, 0.4) is 0 Å². The van der Waals surface area contributed by atoms with Gasteiger partial charge in [-0.25, -0.2) is 4.79 Å². The Hall–Kier alpha value is -1.98. The number of ether oxygens (including phenoxy) is 1. The second-order valence-corrected chi connectivity index (χ2v) is 10.3. The summed E-state index contributed by atoms with van der Waals surface area (Å²) in [5.41, 5.74) is 1.54. The summed E-state index contributed by atoms with van der Waals surface area (Å²) in [6, 6.07) is 0. The Labute approximate surface area is 193 Å². The van der Waals surface area contributed by atoms with Crippen molar-refractivity contribution < 1.29 is 19.1 Å². The first-order valence-corrected chi connectivity index (χ1v) is 13.0. The lowest BCUT2D eigenvalue weighted by Gasteiger charge is -2.08. The number of esters is 1. The van der Waals surface area contributed by atoms with Crippen LogP contribution in [0.4, 0.5) is 10.1 Å². The highest BCUT2D eigenvalue weighted by atomic mass is 32.2. The molecule has 0 radical (unpaired) electrons. The SMILES string of the molecule is CCCC(=O)Nc1nnc(SCC(=O)Nc2sc3c(c2C(=O)OCC)CCCCC3)s1. The molecule has 2 N–H and O–H groups in total. The number of carbonyl (C=O) groups excluding carboxylic acids is 3. The number of thiophene rings is 1. The summed E-state index contributed by atoms with van der Waals surface area (Å²) in [5.74, 6) is -0.570. The molecule has 3 rings (SSSR count). The van der Waals surface area contributed by atoms with Crippen LogP contribution >= 0.6 is 34.4 Å². The highest BCUT2D eigenvalue weighted by molar-refractivity contribution is 8.01. The van der Waals surface area contributed by atoms with E-state index in [4.69, 9.17) is 4.74 Å². The third-order valence-electron chi connectivity index (χ3n) is 4.61. The van der Waals surface area contributed by atoms with Crippen LogP contribution in [0.5, 0.6) is 0 Å². The lowest BCUT2D eigenvalue weighted by Crippen LogP contribution is -2.16. The number of rotatable bonds is 9. The van der Waals surface area contributed by atoms with Crippen LogP contribution in [-0.2, 0) is 27.2 Å². The quantitative estimate of drug-likeness (QED) is 0.234. The molecule has 11 heteroatoms. The second kappa shape index (κ2) is 11.6. The van der Waals surface area contributed by atoms with E-state index in [1.165, 1.54) is 39.3 Å². The van der Waals surface area contributed by atoms with E-state index in [0.29, 0.717) is 33.1 Å². The van der Waals surface area contributed by atoms with Gasteiger partial charge in [-0.05, 0) is 44.6 Å². The predicted octanol–water partition coefficient (Wildman–Crippen LogP) is 4.51. The number of nitrogens with one attached hydrogen (secondary N) is 2. The molecule has 2 aromatic heterocycles. The molecule has 1 aliphatic carbocycles. The molecule has 0 spiro atoms. The van der Waals surface area contributed by atoms with Crippen molar-refractivity contribution in [2.75, 3.05) is 23.0 Å². The Balaban J connectivity index is 1.63. The highest BCUT2D eigenvalue weighted by Gasteiger charge is 2.26. The van der Waals surface area contributed by atoms with Crippen molar-refractivity contribution in [3.63, 3.8) is 0 Å². The summed E-state index contributed by atoms with van der Waals surface area (Å²) in [6.07, 6.45) is 6.21. The summed E-state index contributed by atoms with van der Waals surface area (Å²) < 4.78 is 5.85. The minimum atomic E-state index is -0.374. The van der Waals surface area contributed by atoms with Gasteiger partial charge in [0, 0.05) is 11.3 Å². The Kier molecular flexibility index (Phi) is 8.85. The van der Waals surface area contributed by atoms with Gasteiger partial charge < -0.3 is 15.4 Å². The lowest BCUT2D eigenvalue weighted by atomic mass is 10.1. The van der Waals surface area contributed by atoms with Gasteiger partial charge in [0.1, 0.15) is 5.00 Å². The number of carbonyl (C=O) groups is 3. The molecule has 0 aliphatic heterocycles. The van der Waals surface area contributed by atoms with E-state index in [1.54, 1.807) is 6.92 Å².